The lowest BCUT2D eigenvalue weighted by atomic mass is 9.80. The van der Waals surface area contributed by atoms with Gasteiger partial charge in [-0.05, 0) is 104 Å². The van der Waals surface area contributed by atoms with E-state index in [1.807, 2.05) is 0 Å². The third-order valence-corrected chi connectivity index (χ3v) is 9.06. The van der Waals surface area contributed by atoms with Crippen molar-refractivity contribution in [3.8, 4) is 5.75 Å². The van der Waals surface area contributed by atoms with Crippen molar-refractivity contribution in [3.63, 3.8) is 0 Å². The molecule has 4 aliphatic carbocycles. The van der Waals surface area contributed by atoms with E-state index in [1.165, 1.54) is 73.7 Å². The number of hydrogen-bond donors (Lipinski definition) is 2. The molecule has 3 heteroatoms. The van der Waals surface area contributed by atoms with E-state index in [4.69, 9.17) is 4.74 Å². The van der Waals surface area contributed by atoms with E-state index in [0.717, 1.165) is 29.9 Å². The Morgan fingerprint density at radius 2 is 1.81 bits per heavy atom. The lowest BCUT2D eigenvalue weighted by Crippen LogP contribution is -2.40. The molecule has 1 heterocycles. The van der Waals surface area contributed by atoms with Crippen LogP contribution in [-0.2, 0) is 6.42 Å². The van der Waals surface area contributed by atoms with E-state index in [2.05, 4.69) is 60.0 Å². The van der Waals surface area contributed by atoms with Gasteiger partial charge in [-0.15, -0.1) is 0 Å². The quantitative estimate of drug-likeness (QED) is 0.527. The molecule has 2 aromatic carbocycles. The predicted molar refractivity (Wildman–Crippen MR) is 131 cm³/mol. The van der Waals surface area contributed by atoms with Crippen LogP contribution < -0.4 is 15.4 Å². The lowest BCUT2D eigenvalue weighted by Gasteiger charge is -2.36. The van der Waals surface area contributed by atoms with Crippen LogP contribution in [-0.4, -0.2) is 18.7 Å². The zero-order valence-corrected chi connectivity index (χ0v) is 19.7. The Morgan fingerprint density at radius 3 is 2.53 bits per heavy atom. The molecule has 2 unspecified atom stereocenters. The maximum Gasteiger partial charge on any atom is 0.119 e. The number of unbranched alkanes of at least 4 members (excludes halogenated alkanes) is 1. The molecular weight excluding hydrogens is 392 g/mol. The van der Waals surface area contributed by atoms with Gasteiger partial charge in [-0.2, -0.15) is 0 Å². The molecule has 32 heavy (non-hydrogen) atoms. The Labute approximate surface area is 193 Å². The standard InChI is InChI=1S/C29H38N2O/c1-3-4-5-25-15-22-16-26(32-2)10-11-27(22)28(30-25)21-6-8-24(9-7-21)31-29-17-19-12-20(18-29)14-23(29)13-19/h6-11,16,19-20,23,25,28,30-31H,3-5,12-15,17-18H2,1-2H3/t19?,20?,23?,25-,28-,29?/m0/s1. The van der Waals surface area contributed by atoms with Crippen LogP contribution in [0.1, 0.15) is 81.0 Å². The van der Waals surface area contributed by atoms with Crippen LogP contribution in [0.5, 0.6) is 5.75 Å². The average Bonchev–Trinajstić information content (AvgIpc) is 3.19. The van der Waals surface area contributed by atoms with Crippen LogP contribution in [0.4, 0.5) is 5.69 Å². The van der Waals surface area contributed by atoms with Gasteiger partial charge in [0.25, 0.3) is 0 Å². The molecule has 0 amide bonds. The van der Waals surface area contributed by atoms with Gasteiger partial charge >= 0.3 is 0 Å². The Morgan fingerprint density at radius 1 is 1.03 bits per heavy atom. The first kappa shape index (κ1) is 20.6. The van der Waals surface area contributed by atoms with Gasteiger partial charge in [-0.1, -0.05) is 38.0 Å². The van der Waals surface area contributed by atoms with Crippen LogP contribution in [0.2, 0.25) is 0 Å². The van der Waals surface area contributed by atoms with Crippen molar-refractivity contribution >= 4 is 5.69 Å². The minimum absolute atomic E-state index is 0.261. The molecular formula is C29H38N2O. The summed E-state index contributed by atoms with van der Waals surface area (Å²) < 4.78 is 5.53. The Bertz CT molecular complexity index is 954. The highest BCUT2D eigenvalue weighted by molar-refractivity contribution is 5.51. The summed E-state index contributed by atoms with van der Waals surface area (Å²) in [5.41, 5.74) is 5.93. The third kappa shape index (κ3) is 3.53. The maximum atomic E-state index is 5.53. The fourth-order valence-electron chi connectivity index (χ4n) is 7.78. The van der Waals surface area contributed by atoms with Crippen molar-refractivity contribution < 1.29 is 4.74 Å². The van der Waals surface area contributed by atoms with E-state index >= 15 is 0 Å². The highest BCUT2D eigenvalue weighted by Gasteiger charge is 2.57. The first-order valence-electron chi connectivity index (χ1n) is 13.0. The Kier molecular flexibility index (Phi) is 5.21. The van der Waals surface area contributed by atoms with Crippen LogP contribution in [0, 0.1) is 17.8 Å². The predicted octanol–water partition coefficient (Wildman–Crippen LogP) is 6.48. The van der Waals surface area contributed by atoms with Crippen LogP contribution in [0.15, 0.2) is 42.5 Å². The van der Waals surface area contributed by atoms with Gasteiger partial charge < -0.3 is 15.4 Å². The molecule has 170 valence electrons. The van der Waals surface area contributed by atoms with Crippen LogP contribution in [0.25, 0.3) is 0 Å². The van der Waals surface area contributed by atoms with Crippen LogP contribution >= 0.6 is 0 Å². The number of anilines is 1. The van der Waals surface area contributed by atoms with E-state index < -0.39 is 0 Å². The van der Waals surface area contributed by atoms with Gasteiger partial charge in [0.2, 0.25) is 0 Å². The maximum absolute atomic E-state index is 5.53. The van der Waals surface area contributed by atoms with Crippen molar-refractivity contribution in [2.45, 2.75) is 82.3 Å². The highest BCUT2D eigenvalue weighted by atomic mass is 16.5. The van der Waals surface area contributed by atoms with Crippen molar-refractivity contribution in [1.29, 1.82) is 0 Å². The average molecular weight is 431 g/mol. The van der Waals surface area contributed by atoms with E-state index in [9.17, 15) is 0 Å². The van der Waals surface area contributed by atoms with Gasteiger partial charge in [0.15, 0.2) is 0 Å². The SMILES string of the molecule is CCCC[C@H]1Cc2cc(OC)ccc2[C@H](c2ccc(NC34CC5CC(CC3C5)C4)cc2)N1. The fraction of sp³-hybridized carbons (Fsp3) is 0.586. The number of benzene rings is 2. The summed E-state index contributed by atoms with van der Waals surface area (Å²) in [4.78, 5) is 0. The van der Waals surface area contributed by atoms with Gasteiger partial charge in [0, 0.05) is 17.3 Å². The number of hydrogen-bond acceptors (Lipinski definition) is 3. The molecule has 4 atom stereocenters. The molecule has 4 fully saturated rings. The lowest BCUT2D eigenvalue weighted by molar-refractivity contribution is 0.274. The van der Waals surface area contributed by atoms with E-state index in [-0.39, 0.29) is 6.04 Å². The normalized spacial score (nSPS) is 34.5. The first-order valence-corrected chi connectivity index (χ1v) is 13.0. The van der Waals surface area contributed by atoms with Crippen molar-refractivity contribution in [2.24, 2.45) is 17.8 Å². The molecule has 3 nitrogen and oxygen atoms in total. The monoisotopic (exact) mass is 430 g/mol. The second kappa shape index (κ2) is 8.09. The summed E-state index contributed by atoms with van der Waals surface area (Å²) in [6, 6.07) is 16.8. The molecule has 2 aromatic rings. The summed E-state index contributed by atoms with van der Waals surface area (Å²) in [7, 11) is 1.77. The van der Waals surface area contributed by atoms with Gasteiger partial charge in [0.05, 0.1) is 13.2 Å². The summed E-state index contributed by atoms with van der Waals surface area (Å²) in [5, 5.41) is 8.02. The number of fused-ring (bicyclic) bond motifs is 1. The molecule has 0 aromatic heterocycles. The highest BCUT2D eigenvalue weighted by Crippen LogP contribution is 2.61. The Balaban J connectivity index is 1.24. The molecule has 5 aliphatic rings. The van der Waals surface area contributed by atoms with Crippen molar-refractivity contribution in [2.75, 3.05) is 12.4 Å². The molecule has 4 bridgehead atoms. The molecule has 7 rings (SSSR count). The van der Waals surface area contributed by atoms with Gasteiger partial charge in [-0.3, -0.25) is 0 Å². The zero-order chi connectivity index (χ0) is 21.7. The minimum atomic E-state index is 0.261. The second-order valence-electron chi connectivity index (χ2n) is 11.2. The topological polar surface area (TPSA) is 33.3 Å². The fourth-order valence-corrected chi connectivity index (χ4v) is 7.78. The third-order valence-electron chi connectivity index (χ3n) is 9.06. The molecule has 0 saturated heterocycles. The molecule has 4 saturated carbocycles. The smallest absolute Gasteiger partial charge is 0.119 e. The summed E-state index contributed by atoms with van der Waals surface area (Å²) in [6.45, 7) is 2.28. The number of rotatable bonds is 7. The van der Waals surface area contributed by atoms with Crippen molar-refractivity contribution in [3.05, 3.63) is 59.2 Å². The number of methoxy groups -OCH3 is 1. The van der Waals surface area contributed by atoms with Crippen molar-refractivity contribution in [1.82, 2.24) is 5.32 Å². The molecule has 2 N–H and O–H groups in total. The largest absolute Gasteiger partial charge is 0.497 e. The number of nitrogens with one attached hydrogen (secondary N) is 2. The first-order chi connectivity index (χ1) is 15.7. The van der Waals surface area contributed by atoms with Crippen LogP contribution in [0.3, 0.4) is 0 Å². The second-order valence-corrected chi connectivity index (χ2v) is 11.2. The van der Waals surface area contributed by atoms with E-state index in [0.29, 0.717) is 11.6 Å². The summed E-state index contributed by atoms with van der Waals surface area (Å²) >= 11 is 0. The Hall–Kier alpha value is -2.00. The zero-order valence-electron chi connectivity index (χ0n) is 19.7. The van der Waals surface area contributed by atoms with Gasteiger partial charge in [-0.25, -0.2) is 0 Å². The molecule has 0 radical (unpaired) electrons. The summed E-state index contributed by atoms with van der Waals surface area (Å²) in [5.74, 6) is 3.85. The number of ether oxygens (including phenoxy) is 1. The molecule has 1 aliphatic heterocycles. The van der Waals surface area contributed by atoms with Gasteiger partial charge in [0.1, 0.15) is 5.75 Å². The minimum Gasteiger partial charge on any atom is -0.497 e. The molecule has 0 spiro atoms. The summed E-state index contributed by atoms with van der Waals surface area (Å²) in [6.07, 6.45) is 12.1. The van der Waals surface area contributed by atoms with E-state index in [1.54, 1.807) is 7.11 Å².